The average Bonchev–Trinajstić information content (AvgIpc) is 2.73. The summed E-state index contributed by atoms with van der Waals surface area (Å²) in [6.07, 6.45) is 0.901. The monoisotopic (exact) mass is 378 g/mol. The van der Waals surface area contributed by atoms with E-state index < -0.39 is 0 Å². The van der Waals surface area contributed by atoms with Crippen LogP contribution in [0.4, 0.5) is 0 Å². The summed E-state index contributed by atoms with van der Waals surface area (Å²) in [5.41, 5.74) is 3.43. The number of hydrogen-bond donors (Lipinski definition) is 1. The molecule has 0 aliphatic carbocycles. The Bertz CT molecular complexity index is 887. The number of benzene rings is 2. The van der Waals surface area contributed by atoms with E-state index in [2.05, 4.69) is 15.5 Å². The van der Waals surface area contributed by atoms with E-state index in [1.54, 1.807) is 0 Å². The van der Waals surface area contributed by atoms with Crippen LogP contribution in [0.5, 0.6) is 0 Å². The predicted molar refractivity (Wildman–Crippen MR) is 109 cm³/mol. The van der Waals surface area contributed by atoms with E-state index in [1.165, 1.54) is 11.8 Å². The standard InChI is InChI=1S/C21H22N4OS/c1-3-15(2)22-18(26)14-27-21-23-19(16-10-6-4-7-11-16)20(24-25-21)17-12-8-5-9-13-17/h4-13,15H,3,14H2,1-2H3,(H,22,26). The highest BCUT2D eigenvalue weighted by atomic mass is 32.2. The summed E-state index contributed by atoms with van der Waals surface area (Å²) in [5.74, 6) is 0.247. The van der Waals surface area contributed by atoms with Crippen LogP contribution in [0.25, 0.3) is 22.5 Å². The molecule has 1 amide bonds. The van der Waals surface area contributed by atoms with Crippen molar-refractivity contribution in [1.82, 2.24) is 20.5 Å². The van der Waals surface area contributed by atoms with Crippen LogP contribution in [-0.2, 0) is 4.79 Å². The van der Waals surface area contributed by atoms with E-state index in [0.717, 1.165) is 28.9 Å². The lowest BCUT2D eigenvalue weighted by molar-refractivity contribution is -0.119. The maximum atomic E-state index is 12.0. The SMILES string of the molecule is CCC(C)NC(=O)CSc1nnc(-c2ccccc2)c(-c2ccccc2)n1. The van der Waals surface area contributed by atoms with Crippen LogP contribution in [0, 0.1) is 0 Å². The van der Waals surface area contributed by atoms with Gasteiger partial charge < -0.3 is 5.32 Å². The lowest BCUT2D eigenvalue weighted by atomic mass is 10.0. The molecule has 0 aliphatic heterocycles. The van der Waals surface area contributed by atoms with Crippen molar-refractivity contribution in [3.8, 4) is 22.5 Å². The summed E-state index contributed by atoms with van der Waals surface area (Å²) in [6.45, 7) is 4.03. The minimum Gasteiger partial charge on any atom is -0.353 e. The largest absolute Gasteiger partial charge is 0.353 e. The molecule has 0 radical (unpaired) electrons. The van der Waals surface area contributed by atoms with Gasteiger partial charge in [-0.05, 0) is 13.3 Å². The Morgan fingerprint density at radius 1 is 0.963 bits per heavy atom. The van der Waals surface area contributed by atoms with Crippen molar-refractivity contribution in [2.45, 2.75) is 31.5 Å². The van der Waals surface area contributed by atoms with Gasteiger partial charge in [-0.15, -0.1) is 10.2 Å². The van der Waals surface area contributed by atoms with Crippen LogP contribution in [0.2, 0.25) is 0 Å². The first-order valence-corrected chi connectivity index (χ1v) is 9.93. The Morgan fingerprint density at radius 3 is 2.15 bits per heavy atom. The van der Waals surface area contributed by atoms with E-state index in [1.807, 2.05) is 74.5 Å². The fourth-order valence-corrected chi connectivity index (χ4v) is 3.11. The molecule has 0 aliphatic rings. The summed E-state index contributed by atoms with van der Waals surface area (Å²) in [6, 6.07) is 20.0. The van der Waals surface area contributed by atoms with Crippen molar-refractivity contribution in [2.75, 3.05) is 5.75 Å². The van der Waals surface area contributed by atoms with Crippen LogP contribution in [0.3, 0.4) is 0 Å². The minimum absolute atomic E-state index is 0.0219. The quantitative estimate of drug-likeness (QED) is 0.624. The smallest absolute Gasteiger partial charge is 0.230 e. The Balaban J connectivity index is 1.87. The zero-order chi connectivity index (χ0) is 19.1. The van der Waals surface area contributed by atoms with Crippen molar-refractivity contribution in [3.63, 3.8) is 0 Å². The second-order valence-corrected chi connectivity index (χ2v) is 7.13. The first-order valence-electron chi connectivity index (χ1n) is 8.95. The van der Waals surface area contributed by atoms with Crippen molar-refractivity contribution in [3.05, 3.63) is 60.7 Å². The fraction of sp³-hybridized carbons (Fsp3) is 0.238. The number of thioether (sulfide) groups is 1. The molecule has 0 saturated heterocycles. The normalized spacial score (nSPS) is 11.8. The number of aromatic nitrogens is 3. The molecule has 0 bridgehead atoms. The van der Waals surface area contributed by atoms with Crippen LogP contribution in [0.15, 0.2) is 65.8 Å². The van der Waals surface area contributed by atoms with E-state index in [-0.39, 0.29) is 17.7 Å². The second kappa shape index (κ2) is 9.28. The molecule has 0 spiro atoms. The third-order valence-corrected chi connectivity index (χ3v) is 4.95. The molecule has 3 aromatic rings. The molecule has 1 aromatic heterocycles. The van der Waals surface area contributed by atoms with Crippen molar-refractivity contribution >= 4 is 17.7 Å². The molecule has 27 heavy (non-hydrogen) atoms. The minimum atomic E-state index is -0.0219. The van der Waals surface area contributed by atoms with Crippen molar-refractivity contribution in [2.24, 2.45) is 0 Å². The molecule has 6 heteroatoms. The number of rotatable bonds is 7. The highest BCUT2D eigenvalue weighted by molar-refractivity contribution is 7.99. The number of nitrogens with zero attached hydrogens (tertiary/aromatic N) is 3. The van der Waals surface area contributed by atoms with E-state index in [9.17, 15) is 4.79 Å². The van der Waals surface area contributed by atoms with Gasteiger partial charge in [-0.3, -0.25) is 4.79 Å². The predicted octanol–water partition coefficient (Wildman–Crippen LogP) is 4.21. The van der Waals surface area contributed by atoms with Crippen molar-refractivity contribution in [1.29, 1.82) is 0 Å². The van der Waals surface area contributed by atoms with Gasteiger partial charge in [0.25, 0.3) is 0 Å². The molecular formula is C21H22N4OS. The van der Waals surface area contributed by atoms with Gasteiger partial charge in [0.1, 0.15) is 11.4 Å². The van der Waals surface area contributed by atoms with Gasteiger partial charge in [-0.25, -0.2) is 4.98 Å². The Kier molecular flexibility index (Phi) is 6.54. The summed E-state index contributed by atoms with van der Waals surface area (Å²) < 4.78 is 0. The summed E-state index contributed by atoms with van der Waals surface area (Å²) in [4.78, 5) is 16.7. The Hall–Kier alpha value is -2.73. The first kappa shape index (κ1) is 19.0. The van der Waals surface area contributed by atoms with E-state index in [4.69, 9.17) is 4.98 Å². The van der Waals surface area contributed by atoms with Crippen LogP contribution in [0.1, 0.15) is 20.3 Å². The number of nitrogens with one attached hydrogen (secondary N) is 1. The van der Waals surface area contributed by atoms with Gasteiger partial charge in [-0.2, -0.15) is 0 Å². The number of amides is 1. The molecule has 3 rings (SSSR count). The van der Waals surface area contributed by atoms with Crippen LogP contribution in [-0.4, -0.2) is 32.9 Å². The second-order valence-electron chi connectivity index (χ2n) is 6.19. The Labute approximate surface area is 163 Å². The van der Waals surface area contributed by atoms with Gasteiger partial charge in [0, 0.05) is 17.2 Å². The summed E-state index contributed by atoms with van der Waals surface area (Å²) >= 11 is 1.30. The van der Waals surface area contributed by atoms with Gasteiger partial charge in [0.2, 0.25) is 11.1 Å². The molecule has 0 fully saturated rings. The van der Waals surface area contributed by atoms with Gasteiger partial charge in [-0.1, -0.05) is 79.3 Å². The molecule has 2 aromatic carbocycles. The lowest BCUT2D eigenvalue weighted by Crippen LogP contribution is -2.33. The summed E-state index contributed by atoms with van der Waals surface area (Å²) in [7, 11) is 0. The molecular weight excluding hydrogens is 356 g/mol. The number of carbonyl (C=O) groups excluding carboxylic acids is 1. The third-order valence-electron chi connectivity index (χ3n) is 4.11. The van der Waals surface area contributed by atoms with Gasteiger partial charge in [0.15, 0.2) is 0 Å². The molecule has 0 saturated carbocycles. The fourth-order valence-electron chi connectivity index (χ4n) is 2.51. The van der Waals surface area contributed by atoms with E-state index >= 15 is 0 Å². The van der Waals surface area contributed by atoms with Crippen LogP contribution < -0.4 is 5.32 Å². The third kappa shape index (κ3) is 5.14. The zero-order valence-electron chi connectivity index (χ0n) is 15.4. The van der Waals surface area contributed by atoms with Crippen LogP contribution >= 0.6 is 11.8 Å². The molecule has 138 valence electrons. The number of hydrogen-bond acceptors (Lipinski definition) is 5. The zero-order valence-corrected chi connectivity index (χ0v) is 16.2. The first-order chi connectivity index (χ1) is 13.2. The average molecular weight is 379 g/mol. The Morgan fingerprint density at radius 2 is 1.56 bits per heavy atom. The van der Waals surface area contributed by atoms with Crippen molar-refractivity contribution < 1.29 is 4.79 Å². The topological polar surface area (TPSA) is 67.8 Å². The summed E-state index contributed by atoms with van der Waals surface area (Å²) in [5, 5.41) is 12.1. The molecule has 5 nitrogen and oxygen atoms in total. The van der Waals surface area contributed by atoms with E-state index in [0.29, 0.717) is 5.16 Å². The maximum absolute atomic E-state index is 12.0. The highest BCUT2D eigenvalue weighted by Gasteiger charge is 2.15. The maximum Gasteiger partial charge on any atom is 0.230 e. The van der Waals surface area contributed by atoms with Gasteiger partial charge in [0.05, 0.1) is 5.75 Å². The molecule has 1 N–H and O–H groups in total. The number of carbonyl (C=O) groups is 1. The highest BCUT2D eigenvalue weighted by Crippen LogP contribution is 2.29. The lowest BCUT2D eigenvalue weighted by Gasteiger charge is -2.11. The van der Waals surface area contributed by atoms with Gasteiger partial charge >= 0.3 is 0 Å². The molecule has 1 heterocycles. The molecule has 1 atom stereocenters. The molecule has 1 unspecified atom stereocenters.